The molecule has 192 valence electrons. The smallest absolute Gasteiger partial charge is 0.412 e. The summed E-state index contributed by atoms with van der Waals surface area (Å²) in [5.74, 6) is -0.141. The molecule has 1 unspecified atom stereocenters. The quantitative estimate of drug-likeness (QED) is 0.368. The lowest BCUT2D eigenvalue weighted by molar-refractivity contribution is -0.141. The number of urea groups is 1. The zero-order valence-corrected chi connectivity index (χ0v) is 22.1. The Morgan fingerprint density at radius 2 is 1.74 bits per heavy atom. The van der Waals surface area contributed by atoms with Crippen LogP contribution in [0.15, 0.2) is 23.4 Å². The fourth-order valence-electron chi connectivity index (χ4n) is 4.30. The van der Waals surface area contributed by atoms with E-state index in [1.807, 2.05) is 6.92 Å². The molecule has 1 heterocycles. The van der Waals surface area contributed by atoms with Crippen LogP contribution in [0.3, 0.4) is 0 Å². The summed E-state index contributed by atoms with van der Waals surface area (Å²) in [4.78, 5) is 37.8. The summed E-state index contributed by atoms with van der Waals surface area (Å²) in [5, 5.41) is 8.32. The molecule has 1 atom stereocenters. The van der Waals surface area contributed by atoms with Crippen molar-refractivity contribution in [1.29, 1.82) is 0 Å². The third-order valence-corrected chi connectivity index (χ3v) is 6.52. The molecule has 1 aliphatic heterocycles. The Balaban J connectivity index is 1.86. The first-order valence-corrected chi connectivity index (χ1v) is 12.7. The highest BCUT2D eigenvalue weighted by Gasteiger charge is 2.34. The van der Waals surface area contributed by atoms with Crippen molar-refractivity contribution >= 4 is 47.0 Å². The van der Waals surface area contributed by atoms with E-state index in [1.54, 1.807) is 32.9 Å². The number of anilines is 1. The average Bonchev–Trinajstić information content (AvgIpc) is 2.78. The average molecular weight is 526 g/mol. The molecule has 1 aliphatic carbocycles. The molecule has 3 rings (SSSR count). The van der Waals surface area contributed by atoms with Gasteiger partial charge in [-0.25, -0.2) is 14.4 Å². The van der Waals surface area contributed by atoms with Gasteiger partial charge in [-0.2, -0.15) is 0 Å². The number of carbonyl (C=O) groups is 3. The number of carbonyl (C=O) groups excluding carboxylic acids is 3. The summed E-state index contributed by atoms with van der Waals surface area (Å²) in [6.45, 7) is 7.42. The molecule has 10 heteroatoms. The van der Waals surface area contributed by atoms with Crippen LogP contribution in [0.1, 0.15) is 77.8 Å². The van der Waals surface area contributed by atoms with Gasteiger partial charge in [0.05, 0.1) is 34.0 Å². The first-order valence-electron chi connectivity index (χ1n) is 11.9. The number of hydrogen-bond donors (Lipinski definition) is 3. The van der Waals surface area contributed by atoms with Gasteiger partial charge in [-0.05, 0) is 63.6 Å². The van der Waals surface area contributed by atoms with Gasteiger partial charge in [-0.3, -0.25) is 5.32 Å². The maximum absolute atomic E-state index is 13.2. The lowest BCUT2D eigenvalue weighted by Gasteiger charge is -2.30. The number of amides is 3. The Kier molecular flexibility index (Phi) is 8.94. The van der Waals surface area contributed by atoms with Crippen molar-refractivity contribution in [1.82, 2.24) is 10.6 Å². The van der Waals surface area contributed by atoms with E-state index in [-0.39, 0.29) is 15.7 Å². The van der Waals surface area contributed by atoms with E-state index >= 15 is 0 Å². The number of benzene rings is 1. The number of esters is 1. The van der Waals surface area contributed by atoms with Crippen LogP contribution in [0.5, 0.6) is 0 Å². The molecule has 1 fully saturated rings. The SMILES string of the molecule is CCC1=C(C(=O)OCC2CCCCC2)C(c2cc(Cl)c(NC(=O)OC(C)(C)C)c(Cl)c2)NC(=O)N1. The van der Waals surface area contributed by atoms with E-state index in [4.69, 9.17) is 32.7 Å². The summed E-state index contributed by atoms with van der Waals surface area (Å²) in [7, 11) is 0. The largest absolute Gasteiger partial charge is 0.462 e. The predicted octanol–water partition coefficient (Wildman–Crippen LogP) is 6.48. The second-order valence-corrected chi connectivity index (χ2v) is 10.7. The van der Waals surface area contributed by atoms with Gasteiger partial charge in [0.2, 0.25) is 0 Å². The van der Waals surface area contributed by atoms with Crippen molar-refractivity contribution in [2.45, 2.75) is 77.9 Å². The predicted molar refractivity (Wildman–Crippen MR) is 136 cm³/mol. The molecule has 0 bridgehead atoms. The minimum Gasteiger partial charge on any atom is -0.462 e. The third kappa shape index (κ3) is 7.27. The van der Waals surface area contributed by atoms with Gasteiger partial charge in [0.25, 0.3) is 0 Å². The fourth-order valence-corrected chi connectivity index (χ4v) is 4.90. The highest BCUT2D eigenvalue weighted by molar-refractivity contribution is 6.39. The van der Waals surface area contributed by atoms with Gasteiger partial charge in [0, 0.05) is 5.70 Å². The minimum absolute atomic E-state index is 0.138. The van der Waals surface area contributed by atoms with E-state index < -0.39 is 29.7 Å². The zero-order chi connectivity index (χ0) is 25.8. The molecule has 35 heavy (non-hydrogen) atoms. The normalized spacial score (nSPS) is 19.0. The summed E-state index contributed by atoms with van der Waals surface area (Å²) >= 11 is 12.9. The van der Waals surface area contributed by atoms with Crippen LogP contribution in [-0.2, 0) is 14.3 Å². The second kappa shape index (κ2) is 11.5. The van der Waals surface area contributed by atoms with Crippen LogP contribution in [-0.4, -0.2) is 30.3 Å². The summed E-state index contributed by atoms with van der Waals surface area (Å²) in [5.41, 5.74) is 0.753. The van der Waals surface area contributed by atoms with Gasteiger partial charge in [-0.15, -0.1) is 0 Å². The Labute approximate surface area is 216 Å². The molecule has 0 spiro atoms. The number of ether oxygens (including phenoxy) is 2. The monoisotopic (exact) mass is 525 g/mol. The van der Waals surface area contributed by atoms with Gasteiger partial charge in [0.1, 0.15) is 5.60 Å². The maximum Gasteiger partial charge on any atom is 0.412 e. The van der Waals surface area contributed by atoms with Crippen LogP contribution < -0.4 is 16.0 Å². The van der Waals surface area contributed by atoms with Crippen molar-refractivity contribution in [3.63, 3.8) is 0 Å². The molecule has 8 nitrogen and oxygen atoms in total. The van der Waals surface area contributed by atoms with Crippen molar-refractivity contribution in [3.05, 3.63) is 39.0 Å². The van der Waals surface area contributed by atoms with Crippen molar-refractivity contribution in [3.8, 4) is 0 Å². The van der Waals surface area contributed by atoms with Gasteiger partial charge in [-0.1, -0.05) is 49.4 Å². The van der Waals surface area contributed by atoms with Crippen LogP contribution in [0.2, 0.25) is 10.0 Å². The molecular formula is C25H33Cl2N3O5. The highest BCUT2D eigenvalue weighted by atomic mass is 35.5. The summed E-state index contributed by atoms with van der Waals surface area (Å²) < 4.78 is 11.0. The molecule has 3 N–H and O–H groups in total. The van der Waals surface area contributed by atoms with E-state index in [9.17, 15) is 14.4 Å². The lowest BCUT2D eigenvalue weighted by atomic mass is 9.90. The topological polar surface area (TPSA) is 106 Å². The number of rotatable bonds is 6. The standard InChI is InChI=1S/C25H33Cl2N3O5/c1-5-18-19(22(31)34-13-14-9-7-6-8-10-14)20(29-23(32)28-18)15-11-16(26)21(17(27)12-15)30-24(33)35-25(2,3)4/h11-12,14,20H,5-10,13H2,1-4H3,(H,30,33)(H2,28,29,32). The Hall–Kier alpha value is -2.45. The van der Waals surface area contributed by atoms with Gasteiger partial charge in [0.15, 0.2) is 0 Å². The Morgan fingerprint density at radius 3 is 2.31 bits per heavy atom. The minimum atomic E-state index is -0.817. The van der Waals surface area contributed by atoms with Gasteiger partial charge < -0.3 is 20.1 Å². The summed E-state index contributed by atoms with van der Waals surface area (Å²) in [6.07, 6.45) is 5.32. The van der Waals surface area contributed by atoms with Crippen molar-refractivity contribution < 1.29 is 23.9 Å². The molecule has 1 saturated carbocycles. The first-order chi connectivity index (χ1) is 16.5. The molecule has 1 aromatic rings. The lowest BCUT2D eigenvalue weighted by Crippen LogP contribution is -2.46. The number of hydrogen-bond acceptors (Lipinski definition) is 5. The number of halogens is 2. The first kappa shape index (κ1) is 27.1. The fraction of sp³-hybridized carbons (Fsp3) is 0.560. The molecule has 1 aromatic carbocycles. The Bertz CT molecular complexity index is 990. The second-order valence-electron chi connectivity index (χ2n) is 9.87. The molecule has 0 radical (unpaired) electrons. The molecule has 3 amide bonds. The summed E-state index contributed by atoms with van der Waals surface area (Å²) in [6, 6.07) is 1.85. The number of nitrogens with one attached hydrogen (secondary N) is 3. The molecule has 0 aromatic heterocycles. The zero-order valence-electron chi connectivity index (χ0n) is 20.6. The van der Waals surface area contributed by atoms with Crippen LogP contribution in [0.25, 0.3) is 0 Å². The molecular weight excluding hydrogens is 493 g/mol. The van der Waals surface area contributed by atoms with Crippen LogP contribution >= 0.6 is 23.2 Å². The van der Waals surface area contributed by atoms with Crippen LogP contribution in [0, 0.1) is 5.92 Å². The maximum atomic E-state index is 13.2. The van der Waals surface area contributed by atoms with E-state index in [2.05, 4.69) is 16.0 Å². The van der Waals surface area contributed by atoms with E-state index in [0.717, 1.165) is 25.7 Å². The number of allylic oxidation sites excluding steroid dienone is 1. The molecule has 2 aliphatic rings. The van der Waals surface area contributed by atoms with E-state index in [0.29, 0.717) is 35.8 Å². The van der Waals surface area contributed by atoms with Crippen LogP contribution in [0.4, 0.5) is 15.3 Å². The Morgan fingerprint density at radius 1 is 1.11 bits per heavy atom. The van der Waals surface area contributed by atoms with E-state index in [1.165, 1.54) is 6.42 Å². The molecule has 0 saturated heterocycles. The highest BCUT2D eigenvalue weighted by Crippen LogP contribution is 2.38. The van der Waals surface area contributed by atoms with Crippen molar-refractivity contribution in [2.24, 2.45) is 5.92 Å². The van der Waals surface area contributed by atoms with Crippen molar-refractivity contribution in [2.75, 3.05) is 11.9 Å². The van der Waals surface area contributed by atoms with Gasteiger partial charge >= 0.3 is 18.1 Å². The third-order valence-electron chi connectivity index (χ3n) is 5.93.